The van der Waals surface area contributed by atoms with Crippen LogP contribution in [0, 0.1) is 0 Å². The number of unbranched alkanes of at least 4 members (excludes halogenated alkanes) is 1. The predicted octanol–water partition coefficient (Wildman–Crippen LogP) is 12.7. The van der Waals surface area contributed by atoms with Crippen LogP contribution >= 0.6 is 11.3 Å². The number of nitrogens with two attached hydrogens (primary N) is 1. The van der Waals surface area contributed by atoms with Crippen LogP contribution in [0.2, 0.25) is 0 Å². The van der Waals surface area contributed by atoms with Crippen molar-refractivity contribution in [3.8, 4) is 22.9 Å². The molecule has 61 heavy (non-hydrogen) atoms. The highest BCUT2D eigenvalue weighted by Gasteiger charge is 2.28. The van der Waals surface area contributed by atoms with E-state index < -0.39 is 5.41 Å². The SMILES string of the molecule is CCCCN=c1sc2cc(N=Nc3c(C(C)(C)C)nn(-c4cc(OCc5ccccc5)ccc4OCc4ccccc4)c3N)c(OC(CC)CC)cc2n1Cc1ccccc1. The van der Waals surface area contributed by atoms with E-state index >= 15 is 0 Å². The number of rotatable bonds is 18. The van der Waals surface area contributed by atoms with Gasteiger partial charge in [0.15, 0.2) is 16.3 Å². The second-order valence-electron chi connectivity index (χ2n) is 16.2. The summed E-state index contributed by atoms with van der Waals surface area (Å²) < 4.78 is 24.5. The number of hydrogen-bond donors (Lipinski definition) is 1. The Morgan fingerprint density at radius 1 is 0.738 bits per heavy atom. The van der Waals surface area contributed by atoms with Gasteiger partial charge in [-0.1, -0.05) is 150 Å². The molecule has 7 rings (SSSR count). The number of fused-ring (bicyclic) bond motifs is 1. The number of benzene rings is 5. The largest absolute Gasteiger partial charge is 0.489 e. The van der Waals surface area contributed by atoms with Crippen LogP contribution in [0.1, 0.15) is 89.6 Å². The molecule has 0 saturated heterocycles. The van der Waals surface area contributed by atoms with E-state index in [4.69, 9.17) is 40.3 Å². The van der Waals surface area contributed by atoms with Crippen molar-refractivity contribution >= 4 is 38.7 Å². The molecule has 0 aliphatic heterocycles. The van der Waals surface area contributed by atoms with Gasteiger partial charge in [0.05, 0.1) is 28.6 Å². The first kappa shape index (κ1) is 42.9. The molecule has 10 nitrogen and oxygen atoms in total. The predicted molar refractivity (Wildman–Crippen MR) is 248 cm³/mol. The summed E-state index contributed by atoms with van der Waals surface area (Å²) in [5.74, 6) is 2.24. The average molecular weight is 836 g/mol. The van der Waals surface area contributed by atoms with Gasteiger partial charge in [-0.25, -0.2) is 4.68 Å². The summed E-state index contributed by atoms with van der Waals surface area (Å²) in [5.41, 5.74) is 13.4. The molecule has 0 fully saturated rings. The summed E-state index contributed by atoms with van der Waals surface area (Å²) in [5, 5.41) is 15.0. The number of aromatic nitrogens is 3. The summed E-state index contributed by atoms with van der Waals surface area (Å²) in [6.07, 6.45) is 3.82. The molecule has 2 heterocycles. The Labute approximate surface area is 363 Å². The Morgan fingerprint density at radius 2 is 1.38 bits per heavy atom. The van der Waals surface area contributed by atoms with E-state index in [2.05, 4.69) is 82.5 Å². The molecule has 0 spiro atoms. The quantitative estimate of drug-likeness (QED) is 0.0683. The molecule has 0 unspecified atom stereocenters. The highest BCUT2D eigenvalue weighted by atomic mass is 32.1. The molecular formula is C50H57N7O3S. The monoisotopic (exact) mass is 835 g/mol. The van der Waals surface area contributed by atoms with Crippen molar-refractivity contribution in [2.24, 2.45) is 15.2 Å². The van der Waals surface area contributed by atoms with E-state index in [9.17, 15) is 0 Å². The molecule has 0 radical (unpaired) electrons. The Kier molecular flexibility index (Phi) is 14.0. The maximum absolute atomic E-state index is 7.10. The Bertz CT molecular complexity index is 2610. The lowest BCUT2D eigenvalue weighted by atomic mass is 9.91. The normalized spacial score (nSPS) is 12.2. The van der Waals surface area contributed by atoms with E-state index in [0.717, 1.165) is 58.4 Å². The second kappa shape index (κ2) is 19.9. The molecule has 2 aromatic heterocycles. The first-order valence-electron chi connectivity index (χ1n) is 21.3. The van der Waals surface area contributed by atoms with E-state index in [-0.39, 0.29) is 6.10 Å². The lowest BCUT2D eigenvalue weighted by Gasteiger charge is -2.18. The first-order valence-corrected chi connectivity index (χ1v) is 22.1. The molecule has 316 valence electrons. The number of thiazole rings is 1. The first-order chi connectivity index (χ1) is 29.6. The smallest absolute Gasteiger partial charge is 0.186 e. The molecule has 5 aromatic carbocycles. The van der Waals surface area contributed by atoms with Gasteiger partial charge in [-0.2, -0.15) is 5.10 Å². The number of hydrogen-bond acceptors (Lipinski definition) is 9. The van der Waals surface area contributed by atoms with Crippen molar-refractivity contribution in [1.82, 2.24) is 14.3 Å². The van der Waals surface area contributed by atoms with Gasteiger partial charge in [-0.05, 0) is 54.2 Å². The molecular weight excluding hydrogens is 779 g/mol. The number of anilines is 1. The zero-order valence-electron chi connectivity index (χ0n) is 36.2. The maximum atomic E-state index is 7.10. The topological polar surface area (TPSA) is 114 Å². The third kappa shape index (κ3) is 10.6. The van der Waals surface area contributed by atoms with Crippen molar-refractivity contribution in [3.05, 3.63) is 149 Å². The fourth-order valence-corrected chi connectivity index (χ4v) is 8.00. The molecule has 0 atom stereocenters. The lowest BCUT2D eigenvalue weighted by Crippen LogP contribution is -2.17. The van der Waals surface area contributed by atoms with Crippen molar-refractivity contribution in [2.75, 3.05) is 12.3 Å². The van der Waals surface area contributed by atoms with Crippen LogP contribution in [-0.2, 0) is 25.2 Å². The van der Waals surface area contributed by atoms with Gasteiger partial charge < -0.3 is 24.5 Å². The van der Waals surface area contributed by atoms with Crippen molar-refractivity contribution in [1.29, 1.82) is 0 Å². The highest BCUT2D eigenvalue weighted by molar-refractivity contribution is 7.16. The Hall–Kier alpha value is -6.20. The van der Waals surface area contributed by atoms with Gasteiger partial charge in [-0.15, -0.1) is 10.2 Å². The fourth-order valence-electron chi connectivity index (χ4n) is 6.93. The van der Waals surface area contributed by atoms with Crippen LogP contribution in [0.5, 0.6) is 17.2 Å². The minimum absolute atomic E-state index is 0.00460. The third-order valence-electron chi connectivity index (χ3n) is 10.4. The van der Waals surface area contributed by atoms with Crippen molar-refractivity contribution in [3.63, 3.8) is 0 Å². The number of nitrogen functional groups attached to an aromatic ring is 1. The van der Waals surface area contributed by atoms with Crippen molar-refractivity contribution < 1.29 is 14.2 Å². The summed E-state index contributed by atoms with van der Waals surface area (Å²) in [6.45, 7) is 15.0. The fraction of sp³-hybridized carbons (Fsp3) is 0.320. The van der Waals surface area contributed by atoms with Gasteiger partial charge in [-0.3, -0.25) is 4.99 Å². The van der Waals surface area contributed by atoms with Crippen LogP contribution in [0.25, 0.3) is 15.9 Å². The number of nitrogens with zero attached hydrogens (tertiary/aromatic N) is 6. The van der Waals surface area contributed by atoms with E-state index in [0.29, 0.717) is 65.6 Å². The van der Waals surface area contributed by atoms with Gasteiger partial charge >= 0.3 is 0 Å². The van der Waals surface area contributed by atoms with Gasteiger partial charge in [0, 0.05) is 24.1 Å². The summed E-state index contributed by atoms with van der Waals surface area (Å²) in [7, 11) is 0. The molecule has 2 N–H and O–H groups in total. The van der Waals surface area contributed by atoms with Gasteiger partial charge in [0.25, 0.3) is 0 Å². The molecule has 0 amide bonds. The molecule has 11 heteroatoms. The molecule has 0 aliphatic carbocycles. The molecule has 0 bridgehead atoms. The summed E-state index contributed by atoms with van der Waals surface area (Å²) >= 11 is 1.66. The maximum Gasteiger partial charge on any atom is 0.186 e. The van der Waals surface area contributed by atoms with E-state index in [1.807, 2.05) is 84.9 Å². The molecule has 7 aromatic rings. The minimum atomic E-state index is -0.440. The van der Waals surface area contributed by atoms with Gasteiger partial charge in [0.2, 0.25) is 0 Å². The summed E-state index contributed by atoms with van der Waals surface area (Å²) in [6, 6.07) is 40.6. The van der Waals surface area contributed by atoms with Crippen LogP contribution in [0.4, 0.5) is 17.2 Å². The lowest BCUT2D eigenvalue weighted by molar-refractivity contribution is 0.194. The van der Waals surface area contributed by atoms with Crippen LogP contribution < -0.4 is 24.7 Å². The number of ether oxygens (including phenoxy) is 3. The second-order valence-corrected chi connectivity index (χ2v) is 17.2. The van der Waals surface area contributed by atoms with Crippen LogP contribution in [0.15, 0.2) is 137 Å². The average Bonchev–Trinajstić information content (AvgIpc) is 3.79. The Balaban J connectivity index is 1.33. The van der Waals surface area contributed by atoms with E-state index in [1.54, 1.807) is 16.0 Å². The zero-order chi connectivity index (χ0) is 42.8. The summed E-state index contributed by atoms with van der Waals surface area (Å²) in [4.78, 5) is 6.04. The van der Waals surface area contributed by atoms with Gasteiger partial charge in [0.1, 0.15) is 41.8 Å². The van der Waals surface area contributed by atoms with Crippen molar-refractivity contribution in [2.45, 2.75) is 98.5 Å². The van der Waals surface area contributed by atoms with Crippen LogP contribution in [-0.4, -0.2) is 27.0 Å². The number of azo groups is 1. The third-order valence-corrected chi connectivity index (χ3v) is 11.5. The van der Waals surface area contributed by atoms with E-state index in [1.165, 1.54) is 5.56 Å². The standard InChI is InChI=1S/C50H57N7O3S/c1-7-10-28-52-49-56(32-35-20-14-11-15-21-35)42-31-44(60-38(8-2)9-3)40(30-45(42)61-49)53-54-46-47(50(4,5)6)55-57(48(46)51)41-29-39(58-33-36-22-16-12-17-23-36)26-27-43(41)59-34-37-24-18-13-19-25-37/h11-27,29-31,38H,7-10,28,32-34,51H2,1-6H3. The van der Waals surface area contributed by atoms with Crippen LogP contribution in [0.3, 0.4) is 0 Å². The zero-order valence-corrected chi connectivity index (χ0v) is 37.0. The minimum Gasteiger partial charge on any atom is -0.489 e. The Morgan fingerprint density at radius 3 is 2.00 bits per heavy atom. The molecule has 0 aliphatic rings. The molecule has 0 saturated carbocycles. The highest BCUT2D eigenvalue weighted by Crippen LogP contribution is 2.42.